The summed E-state index contributed by atoms with van der Waals surface area (Å²) in [7, 11) is 0. The molecule has 0 aromatic heterocycles. The molecular weight excluding hydrogens is 284 g/mol. The fraction of sp³-hybridized carbons (Fsp3) is 0.846. The molecule has 0 saturated carbocycles. The first-order valence-corrected chi connectivity index (χ1v) is 6.74. The minimum absolute atomic E-state index is 0.0601. The van der Waals surface area contributed by atoms with E-state index < -0.39 is 24.0 Å². The van der Waals surface area contributed by atoms with Crippen LogP contribution in [0, 0.1) is 5.41 Å². The lowest BCUT2D eigenvalue weighted by atomic mass is 9.96. The van der Waals surface area contributed by atoms with Gasteiger partial charge in [0.2, 0.25) is 0 Å². The average Bonchev–Trinajstić information content (AvgIpc) is 3.26. The van der Waals surface area contributed by atoms with E-state index in [-0.39, 0.29) is 25.4 Å². The van der Waals surface area contributed by atoms with Crippen molar-refractivity contribution in [2.24, 2.45) is 5.41 Å². The predicted molar refractivity (Wildman–Crippen MR) is 67.6 cm³/mol. The summed E-state index contributed by atoms with van der Waals surface area (Å²) in [5, 5.41) is 0. The van der Waals surface area contributed by atoms with E-state index in [4.69, 9.17) is 28.4 Å². The zero-order valence-corrected chi connectivity index (χ0v) is 12.3. The predicted octanol–water partition coefficient (Wildman–Crippen LogP) is 1.46. The summed E-state index contributed by atoms with van der Waals surface area (Å²) in [4.78, 5) is 23.1. The van der Waals surface area contributed by atoms with E-state index in [9.17, 15) is 9.59 Å². The summed E-state index contributed by atoms with van der Waals surface area (Å²) >= 11 is 0. The molecular formula is C13H20O8. The van der Waals surface area contributed by atoms with Gasteiger partial charge in [-0.2, -0.15) is 0 Å². The van der Waals surface area contributed by atoms with Gasteiger partial charge in [-0.1, -0.05) is 20.8 Å². The van der Waals surface area contributed by atoms with Crippen molar-refractivity contribution in [2.75, 3.05) is 26.4 Å². The van der Waals surface area contributed by atoms with Gasteiger partial charge in [0, 0.05) is 5.41 Å². The van der Waals surface area contributed by atoms with Crippen molar-refractivity contribution in [3.05, 3.63) is 0 Å². The minimum atomic E-state index is -1.11. The molecule has 3 atom stereocenters. The van der Waals surface area contributed by atoms with Gasteiger partial charge in [-0.15, -0.1) is 0 Å². The molecule has 21 heavy (non-hydrogen) atoms. The summed E-state index contributed by atoms with van der Waals surface area (Å²) in [5.41, 5.74) is -0.621. The zero-order valence-electron chi connectivity index (χ0n) is 12.3. The molecule has 2 rings (SSSR count). The largest absolute Gasteiger partial charge is 0.511 e. The average molecular weight is 304 g/mol. The number of epoxide rings is 2. The Morgan fingerprint density at radius 1 is 1.00 bits per heavy atom. The first-order chi connectivity index (χ1) is 9.84. The SMILES string of the molecule is CC(C)(C)C(OC(=O)OC[C@@H]1CO1)OC(=O)OC[C@H]1CO1. The molecule has 0 aliphatic carbocycles. The number of hydrogen-bond acceptors (Lipinski definition) is 8. The second kappa shape index (κ2) is 6.48. The van der Waals surface area contributed by atoms with Crippen molar-refractivity contribution in [1.82, 2.24) is 0 Å². The molecule has 2 heterocycles. The molecule has 120 valence electrons. The van der Waals surface area contributed by atoms with Crippen LogP contribution in [0.5, 0.6) is 0 Å². The van der Waals surface area contributed by atoms with Crippen LogP contribution in [-0.4, -0.2) is 57.2 Å². The van der Waals surface area contributed by atoms with Gasteiger partial charge in [0.1, 0.15) is 25.4 Å². The van der Waals surface area contributed by atoms with Crippen molar-refractivity contribution in [3.63, 3.8) is 0 Å². The molecule has 0 aromatic carbocycles. The lowest BCUT2D eigenvalue weighted by molar-refractivity contribution is -0.153. The Morgan fingerprint density at radius 2 is 1.38 bits per heavy atom. The number of hydrogen-bond donors (Lipinski definition) is 0. The molecule has 1 unspecified atom stereocenters. The smallest absolute Gasteiger partial charge is 0.431 e. The summed E-state index contributed by atoms with van der Waals surface area (Å²) in [6.45, 7) is 6.66. The van der Waals surface area contributed by atoms with Crippen LogP contribution in [0.25, 0.3) is 0 Å². The Balaban J connectivity index is 1.75. The highest BCUT2D eigenvalue weighted by Gasteiger charge is 2.35. The van der Waals surface area contributed by atoms with Crippen molar-refractivity contribution < 1.29 is 38.0 Å². The maximum Gasteiger partial charge on any atom is 0.511 e. The Kier molecular flexibility index (Phi) is 4.89. The van der Waals surface area contributed by atoms with Crippen LogP contribution in [0.2, 0.25) is 0 Å². The highest BCUT2D eigenvalue weighted by Crippen LogP contribution is 2.24. The van der Waals surface area contributed by atoms with E-state index in [0.717, 1.165) is 0 Å². The molecule has 0 N–H and O–H groups in total. The van der Waals surface area contributed by atoms with E-state index in [1.165, 1.54) is 0 Å². The molecule has 2 aliphatic heterocycles. The van der Waals surface area contributed by atoms with Crippen LogP contribution in [0.1, 0.15) is 20.8 Å². The second-order valence-corrected chi connectivity index (χ2v) is 5.97. The van der Waals surface area contributed by atoms with Crippen molar-refractivity contribution in [2.45, 2.75) is 39.3 Å². The molecule has 0 bridgehead atoms. The van der Waals surface area contributed by atoms with Crippen LogP contribution in [0.15, 0.2) is 0 Å². The Hall–Kier alpha value is -1.54. The van der Waals surface area contributed by atoms with Crippen LogP contribution in [0.4, 0.5) is 9.59 Å². The normalized spacial score (nSPS) is 24.7. The Bertz CT molecular complexity index is 350. The van der Waals surface area contributed by atoms with Crippen molar-refractivity contribution in [1.29, 1.82) is 0 Å². The number of carbonyl (C=O) groups is 2. The van der Waals surface area contributed by atoms with Crippen LogP contribution in [0.3, 0.4) is 0 Å². The molecule has 0 radical (unpaired) electrons. The molecule has 2 fully saturated rings. The molecule has 8 nitrogen and oxygen atoms in total. The van der Waals surface area contributed by atoms with Crippen molar-refractivity contribution >= 4 is 12.3 Å². The van der Waals surface area contributed by atoms with E-state index in [2.05, 4.69) is 0 Å². The first kappa shape index (κ1) is 15.8. The topological polar surface area (TPSA) is 96.1 Å². The van der Waals surface area contributed by atoms with Gasteiger partial charge in [0.25, 0.3) is 6.29 Å². The van der Waals surface area contributed by atoms with Gasteiger partial charge >= 0.3 is 12.3 Å². The lowest BCUT2D eigenvalue weighted by Gasteiger charge is -2.28. The van der Waals surface area contributed by atoms with Gasteiger partial charge in [0.15, 0.2) is 0 Å². The maximum atomic E-state index is 11.5. The van der Waals surface area contributed by atoms with Crippen LogP contribution >= 0.6 is 0 Å². The third-order valence-corrected chi connectivity index (χ3v) is 2.69. The number of rotatable bonds is 6. The fourth-order valence-corrected chi connectivity index (χ4v) is 1.27. The van der Waals surface area contributed by atoms with Gasteiger partial charge in [0.05, 0.1) is 13.2 Å². The fourth-order valence-electron chi connectivity index (χ4n) is 1.27. The van der Waals surface area contributed by atoms with Crippen LogP contribution in [-0.2, 0) is 28.4 Å². The number of carbonyl (C=O) groups excluding carboxylic acids is 2. The third kappa shape index (κ3) is 6.17. The maximum absolute atomic E-state index is 11.5. The van der Waals surface area contributed by atoms with Gasteiger partial charge in [-0.25, -0.2) is 9.59 Å². The highest BCUT2D eigenvalue weighted by molar-refractivity contribution is 5.62. The highest BCUT2D eigenvalue weighted by atomic mass is 16.8. The Labute approximate surface area is 122 Å². The quantitative estimate of drug-likeness (QED) is 0.413. The monoisotopic (exact) mass is 304 g/mol. The summed E-state index contributed by atoms with van der Waals surface area (Å²) in [6.07, 6.45) is -3.06. The van der Waals surface area contributed by atoms with Crippen LogP contribution < -0.4 is 0 Å². The van der Waals surface area contributed by atoms with E-state index >= 15 is 0 Å². The summed E-state index contributed by atoms with van der Waals surface area (Å²) in [6, 6.07) is 0. The summed E-state index contributed by atoms with van der Waals surface area (Å²) in [5.74, 6) is 0. The van der Waals surface area contributed by atoms with E-state index in [1.54, 1.807) is 20.8 Å². The van der Waals surface area contributed by atoms with Gasteiger partial charge in [-0.3, -0.25) is 0 Å². The van der Waals surface area contributed by atoms with E-state index in [1.807, 2.05) is 0 Å². The van der Waals surface area contributed by atoms with Crippen molar-refractivity contribution in [3.8, 4) is 0 Å². The Morgan fingerprint density at radius 3 is 1.67 bits per heavy atom. The number of ether oxygens (including phenoxy) is 6. The molecule has 8 heteroatoms. The lowest BCUT2D eigenvalue weighted by Crippen LogP contribution is -2.36. The first-order valence-electron chi connectivity index (χ1n) is 6.74. The molecule has 0 amide bonds. The standard InChI is InChI=1S/C13H20O8/c1-13(2,3)10(20-11(14)18-6-8-4-16-8)21-12(15)19-7-9-5-17-9/h8-10H,4-7H2,1-3H3/t8-,9+,10?. The molecule has 0 spiro atoms. The molecule has 0 aromatic rings. The van der Waals surface area contributed by atoms with E-state index in [0.29, 0.717) is 13.2 Å². The molecule has 2 saturated heterocycles. The second-order valence-electron chi connectivity index (χ2n) is 5.97. The van der Waals surface area contributed by atoms with Gasteiger partial charge < -0.3 is 28.4 Å². The minimum Gasteiger partial charge on any atom is -0.431 e. The summed E-state index contributed by atoms with van der Waals surface area (Å²) < 4.78 is 29.5. The van der Waals surface area contributed by atoms with Gasteiger partial charge in [-0.05, 0) is 0 Å². The third-order valence-electron chi connectivity index (χ3n) is 2.69. The zero-order chi connectivity index (χ0) is 15.5. The molecule has 2 aliphatic rings.